The van der Waals surface area contributed by atoms with Crippen molar-refractivity contribution in [2.45, 2.75) is 32.1 Å². The van der Waals surface area contributed by atoms with Crippen molar-refractivity contribution in [3.05, 3.63) is 39.5 Å². The third kappa shape index (κ3) is 3.15. The van der Waals surface area contributed by atoms with E-state index in [0.717, 1.165) is 28.6 Å². The van der Waals surface area contributed by atoms with Gasteiger partial charge in [-0.05, 0) is 53.4 Å². The van der Waals surface area contributed by atoms with Gasteiger partial charge in [0.2, 0.25) is 0 Å². The number of rotatable bonds is 3. The van der Waals surface area contributed by atoms with E-state index in [1.165, 1.54) is 7.11 Å². The highest BCUT2D eigenvalue weighted by Crippen LogP contribution is 2.44. The van der Waals surface area contributed by atoms with Crippen molar-refractivity contribution in [1.82, 2.24) is 0 Å². The monoisotopic (exact) mass is 405 g/mol. The maximum atomic E-state index is 12.7. The molecule has 132 valence electrons. The van der Waals surface area contributed by atoms with Crippen LogP contribution in [0, 0.1) is 5.92 Å². The SMILES string of the molecule is COC(=O)C1C(C)=NC2=C(C(=O)CCC2)[C@H]1c1ccc(OC)c(Br)c1. The first-order chi connectivity index (χ1) is 12.0. The van der Waals surface area contributed by atoms with Crippen LogP contribution in [0.4, 0.5) is 0 Å². The molecule has 0 fully saturated rings. The van der Waals surface area contributed by atoms with Gasteiger partial charge in [0.05, 0.1) is 18.7 Å². The second-order valence-corrected chi connectivity index (χ2v) is 7.12. The number of ketones is 1. The molecule has 0 bridgehead atoms. The first-order valence-electron chi connectivity index (χ1n) is 8.20. The number of benzene rings is 1. The van der Waals surface area contributed by atoms with Crippen LogP contribution >= 0.6 is 15.9 Å². The maximum absolute atomic E-state index is 12.7. The lowest BCUT2D eigenvalue weighted by Crippen LogP contribution is -2.36. The molecule has 1 aliphatic heterocycles. The van der Waals surface area contributed by atoms with Crippen LogP contribution in [0.3, 0.4) is 0 Å². The molecule has 0 amide bonds. The van der Waals surface area contributed by atoms with E-state index in [4.69, 9.17) is 9.47 Å². The standard InChI is InChI=1S/C19H20BrNO4/c1-10-16(19(23)25-3)17(11-7-8-15(24-2)12(20)9-11)18-13(21-10)5-4-6-14(18)22/h7-9,16-17H,4-6H2,1-3H3/t16?,17-/m0/s1. The molecule has 1 aromatic carbocycles. The number of halogens is 1. The van der Waals surface area contributed by atoms with Crippen LogP contribution in [0.25, 0.3) is 0 Å². The molecule has 1 aliphatic carbocycles. The molecule has 0 N–H and O–H groups in total. The minimum atomic E-state index is -0.592. The van der Waals surface area contributed by atoms with E-state index in [2.05, 4.69) is 20.9 Å². The summed E-state index contributed by atoms with van der Waals surface area (Å²) < 4.78 is 11.1. The topological polar surface area (TPSA) is 65.0 Å². The van der Waals surface area contributed by atoms with E-state index in [9.17, 15) is 9.59 Å². The highest BCUT2D eigenvalue weighted by Gasteiger charge is 2.43. The third-order valence-electron chi connectivity index (χ3n) is 4.82. The Hall–Kier alpha value is -1.95. The summed E-state index contributed by atoms with van der Waals surface area (Å²) in [6, 6.07) is 5.64. The van der Waals surface area contributed by atoms with Crippen LogP contribution in [-0.4, -0.2) is 31.7 Å². The molecule has 2 aliphatic rings. The first kappa shape index (κ1) is 17.9. The van der Waals surface area contributed by atoms with Gasteiger partial charge in [0, 0.05) is 29.3 Å². The van der Waals surface area contributed by atoms with Gasteiger partial charge in [-0.3, -0.25) is 14.6 Å². The van der Waals surface area contributed by atoms with E-state index >= 15 is 0 Å². The summed E-state index contributed by atoms with van der Waals surface area (Å²) in [4.78, 5) is 29.7. The Morgan fingerprint density at radius 1 is 1.28 bits per heavy atom. The van der Waals surface area contributed by atoms with Crippen LogP contribution in [0.2, 0.25) is 0 Å². The lowest BCUT2D eigenvalue weighted by Gasteiger charge is -2.34. The number of Topliss-reactive ketones (excluding diaryl/α,β-unsaturated/α-hetero) is 1. The van der Waals surface area contributed by atoms with Gasteiger partial charge in [-0.1, -0.05) is 6.07 Å². The smallest absolute Gasteiger partial charge is 0.315 e. The number of hydrogen-bond acceptors (Lipinski definition) is 5. The van der Waals surface area contributed by atoms with Crippen LogP contribution < -0.4 is 4.74 Å². The van der Waals surface area contributed by atoms with Gasteiger partial charge in [-0.25, -0.2) is 0 Å². The number of carbonyl (C=O) groups is 2. The minimum absolute atomic E-state index is 0.0725. The van der Waals surface area contributed by atoms with E-state index in [0.29, 0.717) is 23.5 Å². The van der Waals surface area contributed by atoms with Gasteiger partial charge < -0.3 is 9.47 Å². The molecule has 0 radical (unpaired) electrons. The molecule has 1 aromatic rings. The lowest BCUT2D eigenvalue weighted by molar-refractivity contribution is -0.143. The van der Waals surface area contributed by atoms with Crippen molar-refractivity contribution in [2.24, 2.45) is 10.9 Å². The van der Waals surface area contributed by atoms with E-state index < -0.39 is 5.92 Å². The number of methoxy groups -OCH3 is 2. The Bertz CT molecular complexity index is 797. The summed E-state index contributed by atoms with van der Waals surface area (Å²) in [7, 11) is 2.96. The fourth-order valence-corrected chi connectivity index (χ4v) is 4.23. The average Bonchev–Trinajstić information content (AvgIpc) is 2.60. The van der Waals surface area contributed by atoms with Crippen LogP contribution in [0.5, 0.6) is 5.75 Å². The zero-order valence-corrected chi connectivity index (χ0v) is 16.1. The molecule has 3 rings (SSSR count). The van der Waals surface area contributed by atoms with Gasteiger partial charge in [-0.2, -0.15) is 0 Å². The van der Waals surface area contributed by atoms with Gasteiger partial charge in [0.25, 0.3) is 0 Å². The van der Waals surface area contributed by atoms with Gasteiger partial charge in [0.1, 0.15) is 11.7 Å². The Morgan fingerprint density at radius 2 is 2.04 bits per heavy atom. The highest BCUT2D eigenvalue weighted by atomic mass is 79.9. The number of esters is 1. The number of aliphatic imine (C=N–C) groups is 1. The summed E-state index contributed by atoms with van der Waals surface area (Å²) in [6.07, 6.45) is 2.06. The van der Waals surface area contributed by atoms with E-state index in [1.54, 1.807) is 7.11 Å². The molecule has 0 aromatic heterocycles. The fraction of sp³-hybridized carbons (Fsp3) is 0.421. The first-order valence-corrected chi connectivity index (χ1v) is 9.00. The predicted molar refractivity (Wildman–Crippen MR) is 97.9 cm³/mol. The summed E-state index contributed by atoms with van der Waals surface area (Å²) in [5.74, 6) is -0.573. The normalized spacial score (nSPS) is 23.0. The zero-order valence-electron chi connectivity index (χ0n) is 14.5. The van der Waals surface area contributed by atoms with Crippen molar-refractivity contribution in [2.75, 3.05) is 14.2 Å². The lowest BCUT2D eigenvalue weighted by atomic mass is 9.72. The molecular weight excluding hydrogens is 386 g/mol. The van der Waals surface area contributed by atoms with Gasteiger partial charge in [-0.15, -0.1) is 0 Å². The number of nitrogens with zero attached hydrogens (tertiary/aromatic N) is 1. The Morgan fingerprint density at radius 3 is 2.68 bits per heavy atom. The van der Waals surface area contributed by atoms with E-state index in [-0.39, 0.29) is 17.7 Å². The van der Waals surface area contributed by atoms with Crippen molar-refractivity contribution in [1.29, 1.82) is 0 Å². The van der Waals surface area contributed by atoms with Crippen molar-refractivity contribution in [3.63, 3.8) is 0 Å². The molecule has 25 heavy (non-hydrogen) atoms. The molecule has 0 spiro atoms. The molecule has 6 heteroatoms. The Kier molecular flexibility index (Phi) is 5.08. The third-order valence-corrected chi connectivity index (χ3v) is 5.44. The largest absolute Gasteiger partial charge is 0.496 e. The quantitative estimate of drug-likeness (QED) is 0.717. The molecule has 0 saturated heterocycles. The fourth-order valence-electron chi connectivity index (χ4n) is 3.67. The van der Waals surface area contributed by atoms with Gasteiger partial charge in [0.15, 0.2) is 5.78 Å². The van der Waals surface area contributed by atoms with Crippen molar-refractivity contribution in [3.8, 4) is 5.75 Å². The predicted octanol–water partition coefficient (Wildman–Crippen LogP) is 3.81. The van der Waals surface area contributed by atoms with Crippen molar-refractivity contribution < 1.29 is 19.1 Å². The summed E-state index contributed by atoms with van der Waals surface area (Å²) in [5, 5.41) is 0. The number of carbonyl (C=O) groups excluding carboxylic acids is 2. The Balaban J connectivity index is 2.18. The Labute approximate surface area is 155 Å². The molecule has 5 nitrogen and oxygen atoms in total. The molecule has 0 saturated carbocycles. The van der Waals surface area contributed by atoms with Gasteiger partial charge >= 0.3 is 5.97 Å². The van der Waals surface area contributed by atoms with Crippen molar-refractivity contribution >= 4 is 33.4 Å². The molecular formula is C19H20BrNO4. The summed E-state index contributed by atoms with van der Waals surface area (Å²) in [6.45, 7) is 1.83. The number of allylic oxidation sites excluding steroid dienone is 2. The second-order valence-electron chi connectivity index (χ2n) is 6.26. The summed E-state index contributed by atoms with van der Waals surface area (Å²) in [5.41, 5.74) is 3.03. The zero-order chi connectivity index (χ0) is 18.1. The van der Waals surface area contributed by atoms with Crippen LogP contribution in [0.1, 0.15) is 37.7 Å². The molecule has 2 atom stereocenters. The maximum Gasteiger partial charge on any atom is 0.315 e. The van der Waals surface area contributed by atoms with E-state index in [1.807, 2.05) is 25.1 Å². The number of ether oxygens (including phenoxy) is 2. The number of hydrogen-bond donors (Lipinski definition) is 0. The molecule has 1 heterocycles. The minimum Gasteiger partial charge on any atom is -0.496 e. The average molecular weight is 406 g/mol. The second kappa shape index (κ2) is 7.12. The highest BCUT2D eigenvalue weighted by molar-refractivity contribution is 9.10. The summed E-state index contributed by atoms with van der Waals surface area (Å²) >= 11 is 3.49. The van der Waals surface area contributed by atoms with Crippen LogP contribution in [0.15, 0.2) is 38.9 Å². The van der Waals surface area contributed by atoms with Crippen LogP contribution in [-0.2, 0) is 14.3 Å². The molecule has 1 unspecified atom stereocenters.